The number of hydrogen-bond acceptors (Lipinski definition) is 4. The van der Waals surface area contributed by atoms with Crippen LogP contribution >= 0.6 is 11.8 Å². The molecule has 30 heavy (non-hydrogen) atoms. The van der Waals surface area contributed by atoms with Crippen molar-refractivity contribution in [3.63, 3.8) is 0 Å². The monoisotopic (exact) mass is 435 g/mol. The Kier molecular flexibility index (Phi) is 6.77. The summed E-state index contributed by atoms with van der Waals surface area (Å²) in [6, 6.07) is 13.9. The fraction of sp³-hybridized carbons (Fsp3) is 0.227. The Balaban J connectivity index is 2.03. The molecule has 1 heterocycles. The number of halogens is 3. The molecule has 0 saturated heterocycles. The zero-order chi connectivity index (χ0) is 21.7. The Hall–Kier alpha value is -2.87. The van der Waals surface area contributed by atoms with Crippen LogP contribution in [0.5, 0.6) is 5.75 Å². The molecule has 0 aliphatic heterocycles. The average molecular weight is 435 g/mol. The highest BCUT2D eigenvalue weighted by molar-refractivity contribution is 8.00. The van der Waals surface area contributed by atoms with Crippen LogP contribution in [0, 0.1) is 0 Å². The van der Waals surface area contributed by atoms with Gasteiger partial charge in [0.05, 0.1) is 25.0 Å². The fourth-order valence-electron chi connectivity index (χ4n) is 2.87. The number of esters is 1. The van der Waals surface area contributed by atoms with Gasteiger partial charge >= 0.3 is 12.1 Å². The van der Waals surface area contributed by atoms with Crippen LogP contribution in [-0.4, -0.2) is 24.3 Å². The molecule has 1 atom stereocenters. The lowest BCUT2D eigenvalue weighted by Crippen LogP contribution is -2.14. The van der Waals surface area contributed by atoms with Crippen molar-refractivity contribution in [1.82, 2.24) is 4.57 Å². The molecule has 0 fully saturated rings. The number of aromatic nitrogens is 1. The lowest BCUT2D eigenvalue weighted by atomic mass is 10.1. The second-order valence-electron chi connectivity index (χ2n) is 6.29. The van der Waals surface area contributed by atoms with Crippen LogP contribution < -0.4 is 4.74 Å². The van der Waals surface area contributed by atoms with Gasteiger partial charge in [-0.15, -0.1) is 11.8 Å². The maximum absolute atomic E-state index is 13.3. The summed E-state index contributed by atoms with van der Waals surface area (Å²) in [5, 5.41) is -0.748. The number of carbonyl (C=O) groups is 1. The van der Waals surface area contributed by atoms with Gasteiger partial charge < -0.3 is 14.0 Å². The van der Waals surface area contributed by atoms with Crippen molar-refractivity contribution in [2.75, 3.05) is 13.7 Å². The molecule has 3 rings (SSSR count). The summed E-state index contributed by atoms with van der Waals surface area (Å²) in [5.74, 6) is 0.167. The number of nitrogens with zero attached hydrogens (tertiary/aromatic N) is 1. The molecule has 0 aliphatic carbocycles. The minimum Gasteiger partial charge on any atom is -0.497 e. The van der Waals surface area contributed by atoms with Gasteiger partial charge in [0.25, 0.3) is 0 Å². The first-order valence-electron chi connectivity index (χ1n) is 9.15. The average Bonchev–Trinajstić information content (AvgIpc) is 3.26. The van der Waals surface area contributed by atoms with E-state index >= 15 is 0 Å². The topological polar surface area (TPSA) is 40.5 Å². The Morgan fingerprint density at radius 1 is 1.10 bits per heavy atom. The molecule has 0 saturated carbocycles. The van der Waals surface area contributed by atoms with E-state index in [0.29, 0.717) is 21.9 Å². The number of alkyl halides is 3. The Bertz CT molecular complexity index is 986. The lowest BCUT2D eigenvalue weighted by Gasteiger charge is -2.19. The van der Waals surface area contributed by atoms with Crippen LogP contribution in [0.4, 0.5) is 13.2 Å². The van der Waals surface area contributed by atoms with Crippen molar-refractivity contribution in [3.8, 4) is 11.4 Å². The third-order valence-electron chi connectivity index (χ3n) is 4.33. The SMILES string of the molecule is CCOC(=O)C(Sc1ccc(C(F)(F)F)cc1-n1cccc1)c1ccc(OC)cc1. The molecule has 0 bridgehead atoms. The van der Waals surface area contributed by atoms with Gasteiger partial charge in [-0.1, -0.05) is 12.1 Å². The first kappa shape index (κ1) is 21.8. The summed E-state index contributed by atoms with van der Waals surface area (Å²) < 4.78 is 51.8. The van der Waals surface area contributed by atoms with Gasteiger partial charge in [0.15, 0.2) is 0 Å². The van der Waals surface area contributed by atoms with E-state index in [-0.39, 0.29) is 6.61 Å². The highest BCUT2D eigenvalue weighted by Gasteiger charge is 2.32. The molecule has 1 aromatic heterocycles. The quantitative estimate of drug-likeness (QED) is 0.342. The smallest absolute Gasteiger partial charge is 0.416 e. The van der Waals surface area contributed by atoms with E-state index in [9.17, 15) is 18.0 Å². The van der Waals surface area contributed by atoms with Crippen molar-refractivity contribution in [2.45, 2.75) is 23.2 Å². The normalized spacial score (nSPS) is 12.4. The van der Waals surface area contributed by atoms with E-state index in [1.54, 1.807) is 60.3 Å². The summed E-state index contributed by atoms with van der Waals surface area (Å²) in [7, 11) is 1.54. The Morgan fingerprint density at radius 2 is 1.77 bits per heavy atom. The van der Waals surface area contributed by atoms with E-state index in [4.69, 9.17) is 9.47 Å². The zero-order valence-electron chi connectivity index (χ0n) is 16.3. The highest BCUT2D eigenvalue weighted by Crippen LogP contribution is 2.41. The molecule has 4 nitrogen and oxygen atoms in total. The van der Waals surface area contributed by atoms with E-state index in [2.05, 4.69) is 0 Å². The number of carbonyl (C=O) groups excluding carboxylic acids is 1. The number of rotatable bonds is 7. The molecule has 0 radical (unpaired) electrons. The summed E-state index contributed by atoms with van der Waals surface area (Å²) in [6.07, 6.45) is -1.15. The first-order chi connectivity index (χ1) is 14.3. The minimum absolute atomic E-state index is 0.198. The van der Waals surface area contributed by atoms with Crippen molar-refractivity contribution < 1.29 is 27.4 Å². The van der Waals surface area contributed by atoms with Gasteiger partial charge in [0, 0.05) is 17.3 Å². The van der Waals surface area contributed by atoms with E-state index in [0.717, 1.165) is 23.9 Å². The predicted molar refractivity (Wildman–Crippen MR) is 109 cm³/mol. The lowest BCUT2D eigenvalue weighted by molar-refractivity contribution is -0.142. The van der Waals surface area contributed by atoms with Crippen LogP contribution in [-0.2, 0) is 15.7 Å². The summed E-state index contributed by atoms with van der Waals surface area (Å²) >= 11 is 1.14. The van der Waals surface area contributed by atoms with Gasteiger partial charge in [0.2, 0.25) is 0 Å². The zero-order valence-corrected chi connectivity index (χ0v) is 17.2. The molecule has 158 valence electrons. The third-order valence-corrected chi connectivity index (χ3v) is 5.63. The summed E-state index contributed by atoms with van der Waals surface area (Å²) in [4.78, 5) is 13.2. The van der Waals surface area contributed by atoms with Crippen molar-refractivity contribution in [3.05, 3.63) is 78.1 Å². The summed E-state index contributed by atoms with van der Waals surface area (Å²) in [5.41, 5.74) is 0.243. The van der Waals surface area contributed by atoms with Crippen LogP contribution in [0.15, 0.2) is 71.9 Å². The summed E-state index contributed by atoms with van der Waals surface area (Å²) in [6.45, 7) is 1.90. The van der Waals surface area contributed by atoms with E-state index in [1.165, 1.54) is 13.2 Å². The molecule has 0 N–H and O–H groups in total. The Morgan fingerprint density at radius 3 is 2.33 bits per heavy atom. The predicted octanol–water partition coefficient (Wildman–Crippen LogP) is 5.90. The molecule has 0 amide bonds. The minimum atomic E-state index is -4.47. The molecule has 0 aliphatic rings. The van der Waals surface area contributed by atoms with E-state index < -0.39 is 23.0 Å². The molecule has 0 spiro atoms. The number of ether oxygens (including phenoxy) is 2. The fourth-order valence-corrected chi connectivity index (χ4v) is 4.01. The third kappa shape index (κ3) is 4.99. The number of benzene rings is 2. The van der Waals surface area contributed by atoms with Crippen LogP contribution in [0.3, 0.4) is 0 Å². The van der Waals surface area contributed by atoms with Gasteiger partial charge in [0.1, 0.15) is 11.0 Å². The van der Waals surface area contributed by atoms with Gasteiger partial charge in [-0.3, -0.25) is 4.79 Å². The maximum atomic E-state index is 13.3. The molecule has 2 aromatic carbocycles. The molecule has 8 heteroatoms. The standard InChI is InChI=1S/C22H20F3NO3S/c1-3-29-21(27)20(15-6-9-17(28-2)10-7-15)30-19-11-8-16(22(23,24)25)14-18(19)26-12-4-5-13-26/h4-14,20H,3H2,1-2H3. The largest absolute Gasteiger partial charge is 0.497 e. The molecule has 3 aromatic rings. The second-order valence-corrected chi connectivity index (χ2v) is 7.44. The van der Waals surface area contributed by atoms with Gasteiger partial charge in [-0.2, -0.15) is 13.2 Å². The van der Waals surface area contributed by atoms with Crippen LogP contribution in [0.2, 0.25) is 0 Å². The number of methoxy groups -OCH3 is 1. The highest BCUT2D eigenvalue weighted by atomic mass is 32.2. The number of thioether (sulfide) groups is 1. The van der Waals surface area contributed by atoms with Crippen molar-refractivity contribution in [1.29, 1.82) is 0 Å². The molecular weight excluding hydrogens is 415 g/mol. The van der Waals surface area contributed by atoms with Crippen LogP contribution in [0.25, 0.3) is 5.69 Å². The second kappa shape index (κ2) is 9.30. The maximum Gasteiger partial charge on any atom is 0.416 e. The first-order valence-corrected chi connectivity index (χ1v) is 10.0. The van der Waals surface area contributed by atoms with E-state index in [1.807, 2.05) is 0 Å². The molecule has 1 unspecified atom stereocenters. The Labute approximate surface area is 176 Å². The number of hydrogen-bond donors (Lipinski definition) is 0. The van der Waals surface area contributed by atoms with Gasteiger partial charge in [-0.05, 0) is 55.0 Å². The van der Waals surface area contributed by atoms with Crippen LogP contribution in [0.1, 0.15) is 23.3 Å². The van der Waals surface area contributed by atoms with Crippen molar-refractivity contribution in [2.24, 2.45) is 0 Å². The van der Waals surface area contributed by atoms with Gasteiger partial charge in [-0.25, -0.2) is 0 Å². The van der Waals surface area contributed by atoms with Crippen molar-refractivity contribution >= 4 is 17.7 Å². The molecular formula is C22H20F3NO3S.